The van der Waals surface area contributed by atoms with Crippen LogP contribution in [0.3, 0.4) is 0 Å². The zero-order valence-corrected chi connectivity index (χ0v) is 13.0. The van der Waals surface area contributed by atoms with Crippen LogP contribution in [0.1, 0.15) is 25.5 Å². The molecule has 0 aliphatic heterocycles. The minimum Gasteiger partial charge on any atom is -0.346 e. The Labute approximate surface area is 131 Å². The molecule has 22 heavy (non-hydrogen) atoms. The fraction of sp³-hybridized carbons (Fsp3) is 0.150. The Balaban J connectivity index is 2.17. The minimum atomic E-state index is -0.117. The third-order valence-electron chi connectivity index (χ3n) is 3.57. The maximum Gasteiger partial charge on any atom is 0.251 e. The molecule has 0 heterocycles. The third-order valence-corrected chi connectivity index (χ3v) is 3.57. The minimum absolute atomic E-state index is 0.0638. The molecule has 0 bridgehead atoms. The maximum atomic E-state index is 12.2. The fourth-order valence-electron chi connectivity index (χ4n) is 2.28. The molecule has 0 spiro atoms. The second kappa shape index (κ2) is 7.41. The molecule has 112 valence electrons. The zero-order valence-electron chi connectivity index (χ0n) is 13.0. The van der Waals surface area contributed by atoms with Gasteiger partial charge in [-0.2, -0.15) is 0 Å². The van der Waals surface area contributed by atoms with Crippen molar-refractivity contribution in [2.45, 2.75) is 19.9 Å². The highest BCUT2D eigenvalue weighted by molar-refractivity contribution is 5.96. The van der Waals surface area contributed by atoms with E-state index in [4.69, 9.17) is 0 Å². The van der Waals surface area contributed by atoms with Crippen molar-refractivity contribution in [3.63, 3.8) is 0 Å². The molecule has 2 heteroatoms. The quantitative estimate of drug-likeness (QED) is 0.627. The molecule has 0 saturated carbocycles. The summed E-state index contributed by atoms with van der Waals surface area (Å²) in [6.07, 6.45) is 7.04. The fourth-order valence-corrected chi connectivity index (χ4v) is 2.28. The van der Waals surface area contributed by atoms with Crippen LogP contribution in [0.25, 0.3) is 10.8 Å². The van der Waals surface area contributed by atoms with E-state index in [0.717, 1.165) is 5.56 Å². The number of carbonyl (C=O) groups is 1. The molecule has 2 aromatic carbocycles. The summed E-state index contributed by atoms with van der Waals surface area (Å²) in [6.45, 7) is 7.59. The monoisotopic (exact) mass is 291 g/mol. The van der Waals surface area contributed by atoms with Gasteiger partial charge in [-0.05, 0) is 42.3 Å². The zero-order chi connectivity index (χ0) is 15.9. The first-order chi connectivity index (χ1) is 10.7. The first kappa shape index (κ1) is 15.8. The number of hydrogen-bond donors (Lipinski definition) is 1. The van der Waals surface area contributed by atoms with E-state index < -0.39 is 0 Å². The Morgan fingerprint density at radius 3 is 2.59 bits per heavy atom. The number of benzene rings is 2. The van der Waals surface area contributed by atoms with E-state index in [9.17, 15) is 4.79 Å². The molecule has 0 aliphatic rings. The summed E-state index contributed by atoms with van der Waals surface area (Å²) in [5, 5.41) is 5.38. The van der Waals surface area contributed by atoms with E-state index in [1.165, 1.54) is 10.8 Å². The van der Waals surface area contributed by atoms with E-state index in [1.807, 2.05) is 38.1 Å². The summed E-state index contributed by atoms with van der Waals surface area (Å²) < 4.78 is 0. The van der Waals surface area contributed by atoms with Gasteiger partial charge >= 0.3 is 0 Å². The number of amides is 1. The standard InChI is InChI=1S/C20H21NO/c1-4-6-9-16(5-2)20(22)21-15(3)18-13-12-17-10-7-8-11-19(17)14-18/h4-15H,2H2,1,3H3,(H,21,22). The van der Waals surface area contributed by atoms with Crippen LogP contribution >= 0.6 is 0 Å². The SMILES string of the molecule is C=CC(=CC=CC)C(=O)NC(C)c1ccc2ccccc2c1. The number of nitrogens with one attached hydrogen (secondary N) is 1. The molecule has 2 rings (SSSR count). The van der Waals surface area contributed by atoms with E-state index >= 15 is 0 Å². The van der Waals surface area contributed by atoms with Gasteiger partial charge in [0.1, 0.15) is 0 Å². The van der Waals surface area contributed by atoms with Crippen LogP contribution in [0.5, 0.6) is 0 Å². The molecule has 1 unspecified atom stereocenters. The lowest BCUT2D eigenvalue weighted by atomic mass is 10.0. The van der Waals surface area contributed by atoms with Gasteiger partial charge in [0.05, 0.1) is 6.04 Å². The second-order valence-electron chi connectivity index (χ2n) is 5.15. The van der Waals surface area contributed by atoms with Crippen LogP contribution in [-0.2, 0) is 4.79 Å². The van der Waals surface area contributed by atoms with Crippen molar-refractivity contribution in [2.75, 3.05) is 0 Å². The molecule has 0 saturated heterocycles. The van der Waals surface area contributed by atoms with E-state index in [1.54, 1.807) is 12.2 Å². The largest absolute Gasteiger partial charge is 0.346 e. The summed E-state index contributed by atoms with van der Waals surface area (Å²) in [6, 6.07) is 14.4. The maximum absolute atomic E-state index is 12.2. The lowest BCUT2D eigenvalue weighted by Crippen LogP contribution is -2.27. The Morgan fingerprint density at radius 2 is 1.91 bits per heavy atom. The van der Waals surface area contributed by atoms with Gasteiger partial charge in [0.25, 0.3) is 5.91 Å². The second-order valence-corrected chi connectivity index (χ2v) is 5.15. The molecular weight excluding hydrogens is 270 g/mol. The molecule has 1 N–H and O–H groups in total. The van der Waals surface area contributed by atoms with Crippen molar-refractivity contribution in [2.24, 2.45) is 0 Å². The summed E-state index contributed by atoms with van der Waals surface area (Å²) in [5.74, 6) is -0.117. The van der Waals surface area contributed by atoms with Gasteiger partial charge in [-0.25, -0.2) is 0 Å². The van der Waals surface area contributed by atoms with Crippen molar-refractivity contribution in [1.82, 2.24) is 5.32 Å². The summed E-state index contributed by atoms with van der Waals surface area (Å²) >= 11 is 0. The van der Waals surface area contributed by atoms with Crippen LogP contribution in [0.4, 0.5) is 0 Å². The van der Waals surface area contributed by atoms with Crippen molar-refractivity contribution < 1.29 is 4.79 Å². The number of rotatable bonds is 5. The van der Waals surface area contributed by atoms with E-state index in [2.05, 4.69) is 42.2 Å². The highest BCUT2D eigenvalue weighted by Gasteiger charge is 2.11. The van der Waals surface area contributed by atoms with Crippen molar-refractivity contribution in [1.29, 1.82) is 0 Å². The van der Waals surface area contributed by atoms with Gasteiger partial charge in [-0.3, -0.25) is 4.79 Å². The molecule has 1 atom stereocenters. The van der Waals surface area contributed by atoms with Gasteiger partial charge in [0, 0.05) is 5.57 Å². The molecule has 0 aliphatic carbocycles. The summed E-state index contributed by atoms with van der Waals surface area (Å²) in [7, 11) is 0. The third kappa shape index (κ3) is 3.73. The predicted molar refractivity (Wildman–Crippen MR) is 93.6 cm³/mol. The average molecular weight is 291 g/mol. The molecule has 0 fully saturated rings. The highest BCUT2D eigenvalue weighted by atomic mass is 16.1. The predicted octanol–water partition coefficient (Wildman–Crippen LogP) is 4.71. The lowest BCUT2D eigenvalue weighted by molar-refractivity contribution is -0.117. The molecule has 1 amide bonds. The van der Waals surface area contributed by atoms with Crippen LogP contribution < -0.4 is 5.32 Å². The molecule has 2 aromatic rings. The van der Waals surface area contributed by atoms with E-state index in [-0.39, 0.29) is 11.9 Å². The van der Waals surface area contributed by atoms with Gasteiger partial charge in [-0.15, -0.1) is 0 Å². The number of allylic oxidation sites excluding steroid dienone is 3. The Kier molecular flexibility index (Phi) is 5.31. The van der Waals surface area contributed by atoms with Gasteiger partial charge in [0.15, 0.2) is 0 Å². The van der Waals surface area contributed by atoms with Gasteiger partial charge < -0.3 is 5.32 Å². The summed E-state index contributed by atoms with van der Waals surface area (Å²) in [5.41, 5.74) is 1.65. The summed E-state index contributed by atoms with van der Waals surface area (Å²) in [4.78, 5) is 12.2. The Morgan fingerprint density at radius 1 is 1.18 bits per heavy atom. The lowest BCUT2D eigenvalue weighted by Gasteiger charge is -2.15. The van der Waals surface area contributed by atoms with Crippen LogP contribution in [-0.4, -0.2) is 5.91 Å². The van der Waals surface area contributed by atoms with Gasteiger partial charge in [-0.1, -0.05) is 61.2 Å². The topological polar surface area (TPSA) is 29.1 Å². The molecule has 2 nitrogen and oxygen atoms in total. The van der Waals surface area contributed by atoms with Crippen LogP contribution in [0, 0.1) is 0 Å². The highest BCUT2D eigenvalue weighted by Crippen LogP contribution is 2.20. The average Bonchev–Trinajstić information content (AvgIpc) is 2.55. The smallest absolute Gasteiger partial charge is 0.251 e. The van der Waals surface area contributed by atoms with Crippen molar-refractivity contribution in [3.05, 3.63) is 84.5 Å². The Hall–Kier alpha value is -2.61. The van der Waals surface area contributed by atoms with Gasteiger partial charge in [0.2, 0.25) is 0 Å². The molecule has 0 aromatic heterocycles. The molecular formula is C20H21NO. The van der Waals surface area contributed by atoms with Crippen molar-refractivity contribution >= 4 is 16.7 Å². The Bertz CT molecular complexity index is 740. The first-order valence-corrected chi connectivity index (χ1v) is 7.40. The first-order valence-electron chi connectivity index (χ1n) is 7.40. The number of carbonyl (C=O) groups excluding carboxylic acids is 1. The van der Waals surface area contributed by atoms with Crippen molar-refractivity contribution in [3.8, 4) is 0 Å². The number of hydrogen-bond acceptors (Lipinski definition) is 1. The number of fused-ring (bicyclic) bond motifs is 1. The van der Waals surface area contributed by atoms with Crippen LogP contribution in [0.2, 0.25) is 0 Å². The van der Waals surface area contributed by atoms with Crippen LogP contribution in [0.15, 0.2) is 78.9 Å². The normalized spacial score (nSPS) is 13.3. The van der Waals surface area contributed by atoms with E-state index in [0.29, 0.717) is 5.57 Å². The molecule has 0 radical (unpaired) electrons.